The van der Waals surface area contributed by atoms with E-state index < -0.39 is 0 Å². The zero-order chi connectivity index (χ0) is 16.1. The van der Waals surface area contributed by atoms with E-state index in [-0.39, 0.29) is 0 Å². The van der Waals surface area contributed by atoms with Gasteiger partial charge in [-0.1, -0.05) is 13.0 Å². The Labute approximate surface area is 136 Å². The predicted molar refractivity (Wildman–Crippen MR) is 87.1 cm³/mol. The maximum atomic E-state index is 5.93. The van der Waals surface area contributed by atoms with Crippen LogP contribution in [0.3, 0.4) is 0 Å². The Morgan fingerprint density at radius 3 is 3.00 bits per heavy atom. The first-order chi connectivity index (χ1) is 11.3. The van der Waals surface area contributed by atoms with Gasteiger partial charge in [0.05, 0.1) is 13.7 Å². The first-order valence-electron chi connectivity index (χ1n) is 8.13. The highest BCUT2D eigenvalue weighted by Gasteiger charge is 2.23. The molecule has 1 atom stereocenters. The summed E-state index contributed by atoms with van der Waals surface area (Å²) in [5.41, 5.74) is 0. The lowest BCUT2D eigenvalue weighted by molar-refractivity contribution is 0.227. The molecule has 0 unspecified atom stereocenters. The smallest absolute Gasteiger partial charge is 0.266 e. The number of ether oxygens (including phenoxy) is 2. The van der Waals surface area contributed by atoms with Gasteiger partial charge >= 0.3 is 0 Å². The van der Waals surface area contributed by atoms with Crippen LogP contribution >= 0.6 is 0 Å². The van der Waals surface area contributed by atoms with Gasteiger partial charge in [0.15, 0.2) is 0 Å². The van der Waals surface area contributed by atoms with Crippen LogP contribution < -0.4 is 14.4 Å². The Morgan fingerprint density at radius 2 is 2.22 bits per heavy atom. The van der Waals surface area contributed by atoms with E-state index in [1.807, 2.05) is 31.2 Å². The van der Waals surface area contributed by atoms with Crippen molar-refractivity contribution in [2.45, 2.75) is 26.2 Å². The molecule has 6 nitrogen and oxygen atoms in total. The Balaban J connectivity index is 1.56. The van der Waals surface area contributed by atoms with E-state index in [2.05, 4.69) is 15.0 Å². The van der Waals surface area contributed by atoms with Crippen molar-refractivity contribution in [1.82, 2.24) is 10.1 Å². The lowest BCUT2D eigenvalue weighted by atomic mass is 9.99. The summed E-state index contributed by atoms with van der Waals surface area (Å²) in [5.74, 6) is 3.50. The molecule has 3 rings (SSSR count). The van der Waals surface area contributed by atoms with Crippen molar-refractivity contribution in [2.24, 2.45) is 5.92 Å². The lowest BCUT2D eigenvalue weighted by Gasteiger charge is -2.31. The van der Waals surface area contributed by atoms with Crippen LogP contribution in [-0.2, 0) is 6.42 Å². The molecule has 0 saturated carbocycles. The zero-order valence-electron chi connectivity index (χ0n) is 13.7. The summed E-state index contributed by atoms with van der Waals surface area (Å²) in [5, 5.41) is 4.07. The van der Waals surface area contributed by atoms with Crippen molar-refractivity contribution < 1.29 is 14.0 Å². The summed E-state index contributed by atoms with van der Waals surface area (Å²) in [4.78, 5) is 6.60. The molecule has 6 heteroatoms. The van der Waals surface area contributed by atoms with Gasteiger partial charge < -0.3 is 18.9 Å². The largest absolute Gasteiger partial charge is 0.497 e. The third kappa shape index (κ3) is 3.94. The number of anilines is 1. The molecule has 1 aromatic heterocycles. The summed E-state index contributed by atoms with van der Waals surface area (Å²) in [6.45, 7) is 4.56. The molecule has 0 spiro atoms. The second kappa shape index (κ2) is 7.35. The van der Waals surface area contributed by atoms with E-state index >= 15 is 0 Å². The van der Waals surface area contributed by atoms with Crippen molar-refractivity contribution in [3.8, 4) is 11.5 Å². The maximum absolute atomic E-state index is 5.93. The SMILES string of the molecule is CCc1nc(N2CCC[C@@H](COc3cccc(OC)c3)C2)no1. The van der Waals surface area contributed by atoms with Crippen LogP contribution in [0.1, 0.15) is 25.7 Å². The number of rotatable bonds is 6. The fourth-order valence-corrected chi connectivity index (χ4v) is 2.81. The third-order valence-electron chi connectivity index (χ3n) is 4.09. The number of aryl methyl sites for hydroxylation is 1. The van der Waals surface area contributed by atoms with Crippen LogP contribution in [0.25, 0.3) is 0 Å². The zero-order valence-corrected chi connectivity index (χ0v) is 13.7. The third-order valence-corrected chi connectivity index (χ3v) is 4.09. The van der Waals surface area contributed by atoms with Crippen LogP contribution in [0.4, 0.5) is 5.95 Å². The first-order valence-corrected chi connectivity index (χ1v) is 8.13. The van der Waals surface area contributed by atoms with E-state index in [1.54, 1.807) is 7.11 Å². The molecule has 1 saturated heterocycles. The molecule has 2 heterocycles. The van der Waals surface area contributed by atoms with Gasteiger partial charge in [0.2, 0.25) is 5.89 Å². The van der Waals surface area contributed by atoms with Gasteiger partial charge in [0.25, 0.3) is 5.95 Å². The van der Waals surface area contributed by atoms with Gasteiger partial charge in [0, 0.05) is 31.5 Å². The number of hydrogen-bond donors (Lipinski definition) is 0. The number of hydrogen-bond acceptors (Lipinski definition) is 6. The molecule has 23 heavy (non-hydrogen) atoms. The quantitative estimate of drug-likeness (QED) is 0.816. The van der Waals surface area contributed by atoms with E-state index in [4.69, 9.17) is 14.0 Å². The molecule has 0 N–H and O–H groups in total. The average molecular weight is 317 g/mol. The minimum Gasteiger partial charge on any atom is -0.497 e. The summed E-state index contributed by atoms with van der Waals surface area (Å²) < 4.78 is 16.4. The minimum absolute atomic E-state index is 0.457. The summed E-state index contributed by atoms with van der Waals surface area (Å²) in [7, 11) is 1.66. The molecule has 1 aliphatic heterocycles. The highest BCUT2D eigenvalue weighted by Crippen LogP contribution is 2.24. The Bertz CT molecular complexity index is 629. The van der Waals surface area contributed by atoms with Crippen molar-refractivity contribution in [1.29, 1.82) is 0 Å². The van der Waals surface area contributed by atoms with Gasteiger partial charge in [-0.05, 0) is 30.1 Å². The Kier molecular flexibility index (Phi) is 5.00. The molecule has 1 aliphatic rings. The molecule has 0 bridgehead atoms. The van der Waals surface area contributed by atoms with Crippen LogP contribution in [0.2, 0.25) is 0 Å². The second-order valence-electron chi connectivity index (χ2n) is 5.79. The fraction of sp³-hybridized carbons (Fsp3) is 0.529. The fourth-order valence-electron chi connectivity index (χ4n) is 2.81. The molecule has 2 aromatic rings. The van der Waals surface area contributed by atoms with Gasteiger partial charge in [-0.15, -0.1) is 0 Å². The maximum Gasteiger partial charge on any atom is 0.266 e. The van der Waals surface area contributed by atoms with E-state index in [9.17, 15) is 0 Å². The Hall–Kier alpha value is -2.24. The molecule has 0 amide bonds. The number of methoxy groups -OCH3 is 1. The monoisotopic (exact) mass is 317 g/mol. The summed E-state index contributed by atoms with van der Waals surface area (Å²) >= 11 is 0. The highest BCUT2D eigenvalue weighted by molar-refractivity contribution is 5.33. The van der Waals surface area contributed by atoms with Crippen LogP contribution in [0, 0.1) is 5.92 Å². The second-order valence-corrected chi connectivity index (χ2v) is 5.79. The molecular formula is C17H23N3O3. The molecule has 0 radical (unpaired) electrons. The van der Waals surface area contributed by atoms with Gasteiger partial charge in [-0.25, -0.2) is 0 Å². The minimum atomic E-state index is 0.457. The van der Waals surface area contributed by atoms with Crippen molar-refractivity contribution >= 4 is 5.95 Å². The molecule has 1 aromatic carbocycles. The van der Waals surface area contributed by atoms with Crippen molar-refractivity contribution in [2.75, 3.05) is 31.7 Å². The molecule has 124 valence electrons. The van der Waals surface area contributed by atoms with Crippen molar-refractivity contribution in [3.63, 3.8) is 0 Å². The van der Waals surface area contributed by atoms with Crippen LogP contribution in [-0.4, -0.2) is 36.9 Å². The van der Waals surface area contributed by atoms with Gasteiger partial charge in [-0.3, -0.25) is 0 Å². The number of nitrogens with zero attached hydrogens (tertiary/aromatic N) is 3. The number of aromatic nitrogens is 2. The highest BCUT2D eigenvalue weighted by atomic mass is 16.5. The summed E-state index contributed by atoms with van der Waals surface area (Å²) in [6, 6.07) is 7.72. The number of piperidine rings is 1. The van der Waals surface area contributed by atoms with E-state index in [0.717, 1.165) is 43.9 Å². The predicted octanol–water partition coefficient (Wildman–Crippen LogP) is 2.94. The first kappa shape index (κ1) is 15.6. The van der Waals surface area contributed by atoms with Gasteiger partial charge in [0.1, 0.15) is 11.5 Å². The van der Waals surface area contributed by atoms with Crippen molar-refractivity contribution in [3.05, 3.63) is 30.2 Å². The average Bonchev–Trinajstić information content (AvgIpc) is 3.10. The van der Waals surface area contributed by atoms with Gasteiger partial charge in [-0.2, -0.15) is 4.98 Å². The molecule has 1 fully saturated rings. The van der Waals surface area contributed by atoms with E-state index in [0.29, 0.717) is 24.4 Å². The topological polar surface area (TPSA) is 60.6 Å². The van der Waals surface area contributed by atoms with E-state index in [1.165, 1.54) is 0 Å². The lowest BCUT2D eigenvalue weighted by Crippen LogP contribution is -2.38. The standard InChI is InChI=1S/C17H23N3O3/c1-3-16-18-17(19-23-16)20-9-5-6-13(11-20)12-22-15-8-4-7-14(10-15)21-2/h4,7-8,10,13H,3,5-6,9,11-12H2,1-2H3/t13-/m1/s1. The molecule has 0 aliphatic carbocycles. The molecular weight excluding hydrogens is 294 g/mol. The summed E-state index contributed by atoms with van der Waals surface area (Å²) in [6.07, 6.45) is 3.03. The normalized spacial score (nSPS) is 18.0. The van der Waals surface area contributed by atoms with Crippen LogP contribution in [0.15, 0.2) is 28.8 Å². The number of benzene rings is 1. The Morgan fingerprint density at radius 1 is 1.35 bits per heavy atom. The van der Waals surface area contributed by atoms with Crippen LogP contribution in [0.5, 0.6) is 11.5 Å².